The van der Waals surface area contributed by atoms with E-state index in [2.05, 4.69) is 10.3 Å². The lowest BCUT2D eigenvalue weighted by atomic mass is 10.2. The van der Waals surface area contributed by atoms with Crippen LogP contribution in [0.1, 0.15) is 11.7 Å². The summed E-state index contributed by atoms with van der Waals surface area (Å²) in [5, 5.41) is 2.99. The quantitative estimate of drug-likeness (QED) is 0.696. The number of alkyl carbamates (subject to hydrolysis) is 1. The van der Waals surface area contributed by atoms with E-state index in [-0.39, 0.29) is 12.2 Å². The number of hydrogen-bond donors (Lipinski definition) is 1. The summed E-state index contributed by atoms with van der Waals surface area (Å²) in [4.78, 5) is 14.6. The minimum atomic E-state index is -0.389. The smallest absolute Gasteiger partial charge is 0.407 e. The number of carbonyl (C=O) groups excluding carboxylic acids is 1. The highest BCUT2D eigenvalue weighted by atomic mass is 35.5. The Kier molecular flexibility index (Phi) is 2.06. The third-order valence-corrected chi connectivity index (χ3v) is 2.03. The third-order valence-electron chi connectivity index (χ3n) is 1.80. The number of carbonyl (C=O) groups is 1. The van der Waals surface area contributed by atoms with Crippen LogP contribution in [-0.4, -0.2) is 17.6 Å². The summed E-state index contributed by atoms with van der Waals surface area (Å²) < 4.78 is 4.95. The lowest BCUT2D eigenvalue weighted by Crippen LogP contribution is -2.12. The van der Waals surface area contributed by atoms with E-state index in [1.165, 1.54) is 0 Å². The molecule has 4 nitrogen and oxygen atoms in total. The van der Waals surface area contributed by atoms with Gasteiger partial charge in [-0.05, 0) is 6.07 Å². The van der Waals surface area contributed by atoms with E-state index in [1.807, 2.05) is 0 Å². The number of nitrogens with one attached hydrogen (secondary N) is 1. The van der Waals surface area contributed by atoms with Crippen molar-refractivity contribution in [1.82, 2.24) is 10.3 Å². The van der Waals surface area contributed by atoms with E-state index in [9.17, 15) is 4.79 Å². The highest BCUT2D eigenvalue weighted by molar-refractivity contribution is 6.29. The molecule has 1 fully saturated rings. The predicted octanol–water partition coefficient (Wildman–Crippen LogP) is 1.52. The van der Waals surface area contributed by atoms with E-state index in [1.54, 1.807) is 18.3 Å². The van der Waals surface area contributed by atoms with Crippen LogP contribution in [0.15, 0.2) is 18.3 Å². The van der Waals surface area contributed by atoms with Crippen molar-refractivity contribution in [2.45, 2.75) is 6.10 Å². The number of cyclic esters (lactones) is 1. The standard InChI is InChI=1S/C8H7ClN2O2/c9-7-2-1-5(3-10-7)6-4-11-8(12)13-6/h1-3,6H,4H2,(H,11,12). The zero-order valence-corrected chi connectivity index (χ0v) is 7.41. The molecule has 1 aliphatic rings. The average molecular weight is 199 g/mol. The van der Waals surface area contributed by atoms with E-state index >= 15 is 0 Å². The number of aromatic nitrogens is 1. The fraction of sp³-hybridized carbons (Fsp3) is 0.250. The first kappa shape index (κ1) is 8.31. The van der Waals surface area contributed by atoms with Crippen molar-refractivity contribution in [3.05, 3.63) is 29.0 Å². The van der Waals surface area contributed by atoms with Crippen molar-refractivity contribution in [1.29, 1.82) is 0 Å². The lowest BCUT2D eigenvalue weighted by molar-refractivity contribution is 0.141. The molecule has 1 aliphatic heterocycles. The second-order valence-electron chi connectivity index (χ2n) is 2.69. The number of amides is 1. The van der Waals surface area contributed by atoms with Crippen molar-refractivity contribution in [2.24, 2.45) is 0 Å². The maximum absolute atomic E-state index is 10.7. The summed E-state index contributed by atoms with van der Waals surface area (Å²) in [5.41, 5.74) is 0.850. The molecule has 2 rings (SSSR count). The van der Waals surface area contributed by atoms with Crippen molar-refractivity contribution in [3.8, 4) is 0 Å². The molecular weight excluding hydrogens is 192 g/mol. The largest absolute Gasteiger partial charge is 0.439 e. The molecule has 5 heteroatoms. The van der Waals surface area contributed by atoms with E-state index in [0.717, 1.165) is 5.56 Å². The molecule has 1 aromatic heterocycles. The second-order valence-corrected chi connectivity index (χ2v) is 3.08. The van der Waals surface area contributed by atoms with Crippen molar-refractivity contribution in [3.63, 3.8) is 0 Å². The van der Waals surface area contributed by atoms with Crippen LogP contribution in [0, 0.1) is 0 Å². The molecule has 13 heavy (non-hydrogen) atoms. The van der Waals surface area contributed by atoms with Gasteiger partial charge in [0.15, 0.2) is 0 Å². The Morgan fingerprint density at radius 3 is 3.00 bits per heavy atom. The van der Waals surface area contributed by atoms with Gasteiger partial charge in [-0.3, -0.25) is 0 Å². The second kappa shape index (κ2) is 3.22. The molecule has 0 bridgehead atoms. The van der Waals surface area contributed by atoms with E-state index in [0.29, 0.717) is 11.7 Å². The Hall–Kier alpha value is -1.29. The van der Waals surface area contributed by atoms with Gasteiger partial charge in [-0.2, -0.15) is 0 Å². The maximum atomic E-state index is 10.7. The first-order chi connectivity index (χ1) is 6.25. The number of halogens is 1. The zero-order chi connectivity index (χ0) is 9.26. The Morgan fingerprint density at radius 1 is 1.62 bits per heavy atom. The van der Waals surface area contributed by atoms with Gasteiger partial charge in [0.25, 0.3) is 0 Å². The lowest BCUT2D eigenvalue weighted by Gasteiger charge is -2.06. The molecule has 0 aromatic carbocycles. The molecule has 0 aliphatic carbocycles. The summed E-state index contributed by atoms with van der Waals surface area (Å²) in [6.07, 6.45) is 0.977. The number of nitrogens with zero attached hydrogens (tertiary/aromatic N) is 1. The summed E-state index contributed by atoms with van der Waals surface area (Å²) >= 11 is 5.61. The van der Waals surface area contributed by atoms with Crippen molar-refractivity contribution in [2.75, 3.05) is 6.54 Å². The minimum absolute atomic E-state index is 0.239. The predicted molar refractivity (Wildman–Crippen MR) is 46.5 cm³/mol. The molecular formula is C8H7ClN2O2. The van der Waals surface area contributed by atoms with Gasteiger partial charge in [0, 0.05) is 11.8 Å². The normalized spacial score (nSPS) is 21.0. The molecule has 68 valence electrons. The van der Waals surface area contributed by atoms with Gasteiger partial charge >= 0.3 is 6.09 Å². The Labute approximate surface area is 79.9 Å². The number of hydrogen-bond acceptors (Lipinski definition) is 3. The highest BCUT2D eigenvalue weighted by Gasteiger charge is 2.23. The summed E-state index contributed by atoms with van der Waals surface area (Å²) in [6.45, 7) is 0.488. The molecule has 1 N–H and O–H groups in total. The van der Waals surface area contributed by atoms with Crippen LogP contribution in [0.2, 0.25) is 5.15 Å². The monoisotopic (exact) mass is 198 g/mol. The van der Waals surface area contributed by atoms with Crippen LogP contribution in [-0.2, 0) is 4.74 Å². The minimum Gasteiger partial charge on any atom is -0.439 e. The molecule has 0 saturated carbocycles. The molecule has 1 aromatic rings. The van der Waals surface area contributed by atoms with Gasteiger partial charge < -0.3 is 10.1 Å². The van der Waals surface area contributed by atoms with Crippen molar-refractivity contribution < 1.29 is 9.53 Å². The number of rotatable bonds is 1. The molecule has 0 radical (unpaired) electrons. The number of pyridine rings is 1. The molecule has 2 heterocycles. The number of ether oxygens (including phenoxy) is 1. The van der Waals surface area contributed by atoms with Gasteiger partial charge in [0.2, 0.25) is 0 Å². The SMILES string of the molecule is O=C1NCC(c2ccc(Cl)nc2)O1. The van der Waals surface area contributed by atoms with Crippen LogP contribution >= 0.6 is 11.6 Å². The third kappa shape index (κ3) is 1.72. The molecule has 1 saturated heterocycles. The van der Waals surface area contributed by atoms with Crippen molar-refractivity contribution >= 4 is 17.7 Å². The van der Waals surface area contributed by atoms with Gasteiger partial charge in [-0.25, -0.2) is 9.78 Å². The van der Waals surface area contributed by atoms with E-state index in [4.69, 9.17) is 16.3 Å². The first-order valence-corrected chi connectivity index (χ1v) is 4.19. The zero-order valence-electron chi connectivity index (χ0n) is 6.66. The molecule has 1 atom stereocenters. The fourth-order valence-electron chi connectivity index (χ4n) is 1.15. The van der Waals surface area contributed by atoms with Gasteiger partial charge in [0.05, 0.1) is 6.54 Å². The Bertz CT molecular complexity index is 325. The topological polar surface area (TPSA) is 51.2 Å². The molecule has 0 spiro atoms. The molecule has 1 unspecified atom stereocenters. The van der Waals surface area contributed by atoms with Crippen LogP contribution in [0.3, 0.4) is 0 Å². The summed E-state index contributed by atoms with van der Waals surface area (Å²) in [7, 11) is 0. The molecule has 1 amide bonds. The summed E-state index contributed by atoms with van der Waals surface area (Å²) in [5.74, 6) is 0. The Morgan fingerprint density at radius 2 is 2.46 bits per heavy atom. The van der Waals surface area contributed by atoms with E-state index < -0.39 is 0 Å². The van der Waals surface area contributed by atoms with Crippen LogP contribution in [0.5, 0.6) is 0 Å². The van der Waals surface area contributed by atoms with Crippen LogP contribution in [0.25, 0.3) is 0 Å². The van der Waals surface area contributed by atoms with Gasteiger partial charge in [0.1, 0.15) is 11.3 Å². The highest BCUT2D eigenvalue weighted by Crippen LogP contribution is 2.20. The Balaban J connectivity index is 2.17. The van der Waals surface area contributed by atoms with Gasteiger partial charge in [-0.1, -0.05) is 17.7 Å². The summed E-state index contributed by atoms with van der Waals surface area (Å²) in [6, 6.07) is 3.46. The van der Waals surface area contributed by atoms with Crippen LogP contribution in [0.4, 0.5) is 4.79 Å². The average Bonchev–Trinajstić information content (AvgIpc) is 2.53. The first-order valence-electron chi connectivity index (χ1n) is 3.81. The van der Waals surface area contributed by atoms with Gasteiger partial charge in [-0.15, -0.1) is 0 Å². The fourth-order valence-corrected chi connectivity index (χ4v) is 1.26. The maximum Gasteiger partial charge on any atom is 0.407 e. The van der Waals surface area contributed by atoms with Crippen LogP contribution < -0.4 is 5.32 Å².